The monoisotopic (exact) mass is 384 g/mol. The molecular formula is C23H20N4O2. The molecule has 29 heavy (non-hydrogen) atoms. The van der Waals surface area contributed by atoms with E-state index < -0.39 is 0 Å². The van der Waals surface area contributed by atoms with Crippen molar-refractivity contribution in [2.45, 2.75) is 13.8 Å². The molecule has 2 N–H and O–H groups in total. The van der Waals surface area contributed by atoms with Crippen molar-refractivity contribution in [2.75, 3.05) is 18.9 Å². The highest BCUT2D eigenvalue weighted by Gasteiger charge is 2.18. The molecule has 0 saturated heterocycles. The third-order valence-electron chi connectivity index (χ3n) is 4.41. The van der Waals surface area contributed by atoms with Crippen LogP contribution in [0.2, 0.25) is 0 Å². The van der Waals surface area contributed by atoms with Crippen LogP contribution in [0.4, 0.5) is 5.82 Å². The number of nitrogens with zero attached hydrogens (tertiary/aromatic N) is 3. The largest absolute Gasteiger partial charge is 0.490 e. The highest BCUT2D eigenvalue weighted by Crippen LogP contribution is 2.40. The molecule has 0 bridgehead atoms. The van der Waals surface area contributed by atoms with Gasteiger partial charge in [-0.1, -0.05) is 35.9 Å². The summed E-state index contributed by atoms with van der Waals surface area (Å²) in [5.74, 6) is 1.13. The van der Waals surface area contributed by atoms with Crippen molar-refractivity contribution in [3.8, 4) is 45.9 Å². The molecule has 6 heteroatoms. The number of anilines is 1. The summed E-state index contributed by atoms with van der Waals surface area (Å²) < 4.78 is 11.1. The molecule has 0 saturated carbocycles. The number of nitriles is 2. The van der Waals surface area contributed by atoms with Gasteiger partial charge in [-0.2, -0.15) is 10.5 Å². The van der Waals surface area contributed by atoms with E-state index in [1.165, 1.54) is 0 Å². The second kappa shape index (κ2) is 8.77. The van der Waals surface area contributed by atoms with Gasteiger partial charge in [-0.15, -0.1) is 0 Å². The molecule has 1 heterocycles. The number of hydrogen-bond donors (Lipinski definition) is 1. The lowest BCUT2D eigenvalue weighted by molar-refractivity contribution is 0.299. The highest BCUT2D eigenvalue weighted by molar-refractivity contribution is 5.90. The Labute approximate surface area is 169 Å². The first-order valence-electron chi connectivity index (χ1n) is 9.11. The third kappa shape index (κ3) is 4.12. The Morgan fingerprint density at radius 1 is 1.00 bits per heavy atom. The second-order valence-corrected chi connectivity index (χ2v) is 6.33. The maximum absolute atomic E-state index is 9.76. The first-order chi connectivity index (χ1) is 14.1. The van der Waals surface area contributed by atoms with Crippen LogP contribution in [0.25, 0.3) is 22.3 Å². The highest BCUT2D eigenvalue weighted by atomic mass is 16.5. The summed E-state index contributed by atoms with van der Waals surface area (Å²) in [5, 5.41) is 18.5. The molecule has 0 spiro atoms. The van der Waals surface area contributed by atoms with E-state index in [-0.39, 0.29) is 12.4 Å². The van der Waals surface area contributed by atoms with Crippen LogP contribution in [-0.2, 0) is 0 Å². The van der Waals surface area contributed by atoms with E-state index >= 15 is 0 Å². The molecule has 0 radical (unpaired) electrons. The zero-order valence-corrected chi connectivity index (χ0v) is 16.3. The Kier molecular flexibility index (Phi) is 5.97. The van der Waals surface area contributed by atoms with Crippen LogP contribution in [0.1, 0.15) is 18.1 Å². The van der Waals surface area contributed by atoms with E-state index in [0.717, 1.165) is 22.3 Å². The minimum atomic E-state index is -0.0836. The number of aromatic nitrogens is 1. The number of benzene rings is 2. The van der Waals surface area contributed by atoms with E-state index in [9.17, 15) is 5.26 Å². The molecule has 1 aromatic heterocycles. The maximum atomic E-state index is 9.76. The van der Waals surface area contributed by atoms with Crippen molar-refractivity contribution in [1.29, 1.82) is 10.5 Å². The first kappa shape index (κ1) is 19.7. The zero-order chi connectivity index (χ0) is 20.8. The van der Waals surface area contributed by atoms with Crippen LogP contribution >= 0.6 is 0 Å². The van der Waals surface area contributed by atoms with Crippen molar-refractivity contribution >= 4 is 5.82 Å². The molecule has 6 nitrogen and oxygen atoms in total. The maximum Gasteiger partial charge on any atom is 0.174 e. The Bertz CT molecular complexity index is 1110. The van der Waals surface area contributed by atoms with Gasteiger partial charge in [0, 0.05) is 17.3 Å². The number of rotatable bonds is 6. The molecule has 3 rings (SSSR count). The molecule has 0 aliphatic carbocycles. The predicted molar refractivity (Wildman–Crippen MR) is 111 cm³/mol. The fourth-order valence-electron chi connectivity index (χ4n) is 3.05. The van der Waals surface area contributed by atoms with Crippen LogP contribution < -0.4 is 15.2 Å². The number of pyridine rings is 1. The van der Waals surface area contributed by atoms with Gasteiger partial charge in [0.05, 0.1) is 6.61 Å². The molecule has 0 aliphatic heterocycles. The Balaban J connectivity index is 2.23. The van der Waals surface area contributed by atoms with Gasteiger partial charge in [-0.05, 0) is 37.1 Å². The SMILES string of the molecule is CCOc1cc(-c2c(-c3ccc(C)cc3)cnc(N)c2C#N)ccc1OCC#N. The van der Waals surface area contributed by atoms with Crippen LogP contribution in [-0.4, -0.2) is 18.2 Å². The smallest absolute Gasteiger partial charge is 0.174 e. The Hall–Kier alpha value is -4.03. The van der Waals surface area contributed by atoms with E-state index in [4.69, 9.17) is 20.5 Å². The lowest BCUT2D eigenvalue weighted by atomic mass is 9.92. The van der Waals surface area contributed by atoms with Crippen LogP contribution in [0.3, 0.4) is 0 Å². The summed E-state index contributed by atoms with van der Waals surface area (Å²) in [4.78, 5) is 4.21. The van der Waals surface area contributed by atoms with E-state index in [0.29, 0.717) is 29.2 Å². The first-order valence-corrected chi connectivity index (χ1v) is 9.11. The summed E-state index contributed by atoms with van der Waals surface area (Å²) in [5.41, 5.74) is 10.6. The summed E-state index contributed by atoms with van der Waals surface area (Å²) in [6.45, 7) is 4.23. The molecular weight excluding hydrogens is 364 g/mol. The zero-order valence-electron chi connectivity index (χ0n) is 16.3. The van der Waals surface area contributed by atoms with Gasteiger partial charge in [-0.3, -0.25) is 0 Å². The lowest BCUT2D eigenvalue weighted by Gasteiger charge is -2.16. The molecule has 0 fully saturated rings. The molecule has 3 aromatic rings. The van der Waals surface area contributed by atoms with Crippen LogP contribution in [0.5, 0.6) is 11.5 Å². The van der Waals surface area contributed by atoms with E-state index in [1.54, 1.807) is 18.3 Å². The predicted octanol–water partition coefficient (Wildman–Crippen LogP) is 4.48. The van der Waals surface area contributed by atoms with Crippen molar-refractivity contribution in [2.24, 2.45) is 0 Å². The van der Waals surface area contributed by atoms with Crippen molar-refractivity contribution < 1.29 is 9.47 Å². The fourth-order valence-corrected chi connectivity index (χ4v) is 3.05. The fraction of sp³-hybridized carbons (Fsp3) is 0.174. The van der Waals surface area contributed by atoms with Crippen LogP contribution in [0.15, 0.2) is 48.7 Å². The van der Waals surface area contributed by atoms with Gasteiger partial charge in [0.1, 0.15) is 23.5 Å². The molecule has 144 valence electrons. The van der Waals surface area contributed by atoms with Gasteiger partial charge in [0.25, 0.3) is 0 Å². The summed E-state index contributed by atoms with van der Waals surface area (Å²) in [6, 6.07) is 17.5. The minimum absolute atomic E-state index is 0.0836. The molecule has 0 atom stereocenters. The molecule has 2 aromatic carbocycles. The van der Waals surface area contributed by atoms with Gasteiger partial charge < -0.3 is 15.2 Å². The number of ether oxygens (including phenoxy) is 2. The van der Waals surface area contributed by atoms with Gasteiger partial charge in [0.15, 0.2) is 18.1 Å². The Morgan fingerprint density at radius 3 is 2.38 bits per heavy atom. The van der Waals surface area contributed by atoms with Crippen molar-refractivity contribution in [1.82, 2.24) is 4.98 Å². The van der Waals surface area contributed by atoms with E-state index in [2.05, 4.69) is 11.1 Å². The normalized spacial score (nSPS) is 10.1. The number of nitrogens with two attached hydrogens (primary N) is 1. The van der Waals surface area contributed by atoms with Gasteiger partial charge >= 0.3 is 0 Å². The minimum Gasteiger partial charge on any atom is -0.490 e. The summed E-state index contributed by atoms with van der Waals surface area (Å²) in [7, 11) is 0. The van der Waals surface area contributed by atoms with Crippen molar-refractivity contribution in [3.63, 3.8) is 0 Å². The standard InChI is InChI=1S/C23H20N4O2/c1-3-28-21-12-17(8-9-20(21)29-11-10-24)22-18(13-25)23(26)27-14-19(22)16-6-4-15(2)5-7-16/h4-9,12,14H,3,11H2,1-2H3,(H2,26,27). The van der Waals surface area contributed by atoms with Gasteiger partial charge in [-0.25, -0.2) is 4.98 Å². The average Bonchev–Trinajstić information content (AvgIpc) is 2.73. The van der Waals surface area contributed by atoms with Crippen LogP contribution in [0, 0.1) is 29.6 Å². The summed E-state index contributed by atoms with van der Waals surface area (Å²) in [6.07, 6.45) is 1.68. The van der Waals surface area contributed by atoms with E-state index in [1.807, 2.05) is 50.2 Å². The molecule has 0 amide bonds. The molecule has 0 unspecified atom stereocenters. The Morgan fingerprint density at radius 2 is 1.72 bits per heavy atom. The average molecular weight is 384 g/mol. The second-order valence-electron chi connectivity index (χ2n) is 6.33. The lowest BCUT2D eigenvalue weighted by Crippen LogP contribution is -2.02. The summed E-state index contributed by atoms with van der Waals surface area (Å²) >= 11 is 0. The number of hydrogen-bond acceptors (Lipinski definition) is 6. The van der Waals surface area contributed by atoms with Crippen molar-refractivity contribution in [3.05, 3.63) is 59.8 Å². The quantitative estimate of drug-likeness (QED) is 0.672. The third-order valence-corrected chi connectivity index (χ3v) is 4.41. The van der Waals surface area contributed by atoms with Gasteiger partial charge in [0.2, 0.25) is 0 Å². The topological polar surface area (TPSA) is 105 Å². The number of aryl methyl sites for hydroxylation is 1. The number of nitrogen functional groups attached to an aromatic ring is 1. The molecule has 0 aliphatic rings.